The molecule has 3 aromatic rings. The maximum atomic E-state index is 9.74. The van der Waals surface area contributed by atoms with Gasteiger partial charge in [-0.05, 0) is 118 Å². The molecular weight excluding hydrogens is 626 g/mol. The van der Waals surface area contributed by atoms with Gasteiger partial charge in [-0.15, -0.1) is 0 Å². The number of alkyl halides is 2. The summed E-state index contributed by atoms with van der Waals surface area (Å²) < 4.78 is 5.60. The Kier molecular flexibility index (Phi) is 10.6. The Morgan fingerprint density at radius 1 is 0.975 bits per heavy atom. The summed E-state index contributed by atoms with van der Waals surface area (Å²) in [6.07, 6.45) is 7.57. The Labute approximate surface area is 257 Å². The van der Waals surface area contributed by atoms with Crippen LogP contribution in [0.4, 0.5) is 11.4 Å². The molecular formula is C34H43Br2N3O. The smallest absolute Gasteiger partial charge is 0.141 e. The van der Waals surface area contributed by atoms with E-state index in [2.05, 4.69) is 105 Å². The lowest BCUT2D eigenvalue weighted by Gasteiger charge is -2.30. The maximum Gasteiger partial charge on any atom is 0.141 e. The molecule has 4 nitrogen and oxygen atoms in total. The van der Waals surface area contributed by atoms with Gasteiger partial charge in [-0.25, -0.2) is 0 Å². The summed E-state index contributed by atoms with van der Waals surface area (Å²) in [4.78, 5) is 2.50. The highest BCUT2D eigenvalue weighted by molar-refractivity contribution is 9.09. The third kappa shape index (κ3) is 7.02. The molecule has 1 aromatic heterocycles. The van der Waals surface area contributed by atoms with Gasteiger partial charge in [-0.2, -0.15) is 5.26 Å². The van der Waals surface area contributed by atoms with Crippen LogP contribution in [0.2, 0.25) is 0 Å². The van der Waals surface area contributed by atoms with Gasteiger partial charge in [0.25, 0.3) is 0 Å². The predicted octanol–water partition coefficient (Wildman–Crippen LogP) is 10.1. The second-order valence-corrected chi connectivity index (χ2v) is 13.5. The average molecular weight is 670 g/mol. The molecule has 0 amide bonds. The Morgan fingerprint density at radius 3 is 2.17 bits per heavy atom. The minimum Gasteiger partial charge on any atom is -0.361 e. The van der Waals surface area contributed by atoms with Crippen LogP contribution in [-0.2, 0) is 11.8 Å². The maximum absolute atomic E-state index is 9.74. The summed E-state index contributed by atoms with van der Waals surface area (Å²) in [6, 6.07) is 16.1. The van der Waals surface area contributed by atoms with Crippen LogP contribution in [-0.4, -0.2) is 22.4 Å². The van der Waals surface area contributed by atoms with E-state index in [1.54, 1.807) is 0 Å². The van der Waals surface area contributed by atoms with Crippen LogP contribution >= 0.6 is 31.9 Å². The van der Waals surface area contributed by atoms with Gasteiger partial charge in [0.2, 0.25) is 0 Å². The Balaban J connectivity index is 1.79. The standard InChI is InChI=1S/C34H43Br2N3O/c1-23(12-17-35)6-7-28-20-29(33-26(4)38-40-27(33)5)21-32(25(28)3)39(19-14-24(2)13-18-36)31-10-8-30(9-11-31)34(22-37)15-16-34/h8-11,20-21,23-24H,6-7,12-19H2,1-5H3. The SMILES string of the molecule is Cc1noc(C)c1-c1cc(CCC(C)CCBr)c(C)c(N(CCC(C)CCBr)c2ccc(C3(C#N)CC3)cc2)c1. The molecule has 1 fully saturated rings. The third-order valence-corrected chi connectivity index (χ3v) is 9.67. The molecule has 1 aliphatic carbocycles. The summed E-state index contributed by atoms with van der Waals surface area (Å²) in [6.45, 7) is 12.0. The molecule has 2 unspecified atom stereocenters. The molecule has 214 valence electrons. The summed E-state index contributed by atoms with van der Waals surface area (Å²) in [5.74, 6) is 2.14. The highest BCUT2D eigenvalue weighted by Gasteiger charge is 2.44. The van der Waals surface area contributed by atoms with Gasteiger partial charge < -0.3 is 9.42 Å². The quantitative estimate of drug-likeness (QED) is 0.160. The summed E-state index contributed by atoms with van der Waals surface area (Å²) in [5, 5.41) is 16.1. The summed E-state index contributed by atoms with van der Waals surface area (Å²) in [5.41, 5.74) is 9.25. The van der Waals surface area contributed by atoms with Crippen molar-refractivity contribution in [3.05, 3.63) is 64.5 Å². The summed E-state index contributed by atoms with van der Waals surface area (Å²) >= 11 is 7.26. The van der Waals surface area contributed by atoms with Crippen LogP contribution in [0.3, 0.4) is 0 Å². The zero-order valence-electron chi connectivity index (χ0n) is 24.7. The molecule has 1 saturated carbocycles. The highest BCUT2D eigenvalue weighted by atomic mass is 79.9. The van der Waals surface area contributed by atoms with Crippen molar-refractivity contribution in [2.75, 3.05) is 22.1 Å². The molecule has 0 N–H and O–H groups in total. The van der Waals surface area contributed by atoms with Gasteiger partial charge in [0.15, 0.2) is 0 Å². The molecule has 0 spiro atoms. The van der Waals surface area contributed by atoms with E-state index in [4.69, 9.17) is 4.52 Å². The number of aryl methyl sites for hydroxylation is 3. The second kappa shape index (κ2) is 13.7. The molecule has 0 aliphatic heterocycles. The van der Waals surface area contributed by atoms with Gasteiger partial charge >= 0.3 is 0 Å². The van der Waals surface area contributed by atoms with Crippen molar-refractivity contribution in [2.45, 2.75) is 85.0 Å². The van der Waals surface area contributed by atoms with E-state index in [0.717, 1.165) is 78.3 Å². The van der Waals surface area contributed by atoms with E-state index in [9.17, 15) is 5.26 Å². The number of aromatic nitrogens is 1. The Hall–Kier alpha value is -2.10. The first-order valence-electron chi connectivity index (χ1n) is 14.7. The topological polar surface area (TPSA) is 53.1 Å². The van der Waals surface area contributed by atoms with E-state index in [-0.39, 0.29) is 5.41 Å². The van der Waals surface area contributed by atoms with Crippen molar-refractivity contribution < 1.29 is 4.52 Å². The molecule has 40 heavy (non-hydrogen) atoms. The van der Waals surface area contributed by atoms with Gasteiger partial charge in [0.05, 0.1) is 17.2 Å². The fourth-order valence-electron chi connectivity index (χ4n) is 5.69. The van der Waals surface area contributed by atoms with Gasteiger partial charge in [-0.3, -0.25) is 0 Å². The fourth-order valence-corrected chi connectivity index (χ4v) is 7.25. The van der Waals surface area contributed by atoms with Crippen LogP contribution < -0.4 is 4.90 Å². The predicted molar refractivity (Wildman–Crippen MR) is 174 cm³/mol. The van der Waals surface area contributed by atoms with E-state index in [1.165, 1.54) is 34.5 Å². The van der Waals surface area contributed by atoms with Crippen LogP contribution in [0.1, 0.15) is 80.5 Å². The number of hydrogen-bond donors (Lipinski definition) is 0. The number of nitriles is 1. The van der Waals surface area contributed by atoms with Crippen molar-refractivity contribution in [3.63, 3.8) is 0 Å². The van der Waals surface area contributed by atoms with Crippen LogP contribution in [0.25, 0.3) is 11.1 Å². The van der Waals surface area contributed by atoms with Gasteiger partial charge in [0, 0.05) is 34.1 Å². The lowest BCUT2D eigenvalue weighted by atomic mass is 9.91. The average Bonchev–Trinajstić information content (AvgIpc) is 3.67. The van der Waals surface area contributed by atoms with Gasteiger partial charge in [0.1, 0.15) is 5.76 Å². The first kappa shape index (κ1) is 30.8. The van der Waals surface area contributed by atoms with Crippen LogP contribution in [0, 0.1) is 43.9 Å². The van der Waals surface area contributed by atoms with Crippen molar-refractivity contribution in [1.82, 2.24) is 5.16 Å². The highest BCUT2D eigenvalue weighted by Crippen LogP contribution is 2.48. The number of anilines is 2. The number of halogens is 2. The van der Waals surface area contributed by atoms with Crippen molar-refractivity contribution in [3.8, 4) is 17.2 Å². The molecule has 2 aromatic carbocycles. The van der Waals surface area contributed by atoms with Crippen LogP contribution in [0.15, 0.2) is 40.9 Å². The molecule has 4 rings (SSSR count). The zero-order valence-corrected chi connectivity index (χ0v) is 27.9. The Morgan fingerprint density at radius 2 is 1.62 bits per heavy atom. The van der Waals surface area contributed by atoms with E-state index in [1.807, 2.05) is 13.8 Å². The minimum atomic E-state index is -0.272. The zero-order chi connectivity index (χ0) is 28.9. The second-order valence-electron chi connectivity index (χ2n) is 11.9. The first-order valence-corrected chi connectivity index (χ1v) is 16.9. The molecule has 0 saturated heterocycles. The van der Waals surface area contributed by atoms with Crippen molar-refractivity contribution in [1.29, 1.82) is 5.26 Å². The molecule has 6 heteroatoms. The molecule has 1 heterocycles. The van der Waals surface area contributed by atoms with E-state index >= 15 is 0 Å². The molecule has 0 bridgehead atoms. The monoisotopic (exact) mass is 667 g/mol. The van der Waals surface area contributed by atoms with Crippen LogP contribution in [0.5, 0.6) is 0 Å². The first-order chi connectivity index (χ1) is 19.2. The lowest BCUT2D eigenvalue weighted by molar-refractivity contribution is 0.393. The number of nitrogens with zero attached hydrogens (tertiary/aromatic N) is 3. The van der Waals surface area contributed by atoms with Crippen molar-refractivity contribution in [2.24, 2.45) is 11.8 Å². The molecule has 0 radical (unpaired) electrons. The van der Waals surface area contributed by atoms with Gasteiger partial charge in [-0.1, -0.05) is 69.1 Å². The summed E-state index contributed by atoms with van der Waals surface area (Å²) in [7, 11) is 0. The normalized spacial score (nSPS) is 15.4. The third-order valence-electron chi connectivity index (χ3n) is 8.75. The van der Waals surface area contributed by atoms with Crippen molar-refractivity contribution >= 4 is 43.2 Å². The number of rotatable bonds is 14. The fraction of sp³-hybridized carbons (Fsp3) is 0.529. The van der Waals surface area contributed by atoms with E-state index in [0.29, 0.717) is 11.8 Å². The molecule has 2 atom stereocenters. The number of benzene rings is 2. The Bertz CT molecular complexity index is 1300. The van der Waals surface area contributed by atoms with E-state index < -0.39 is 0 Å². The number of hydrogen-bond acceptors (Lipinski definition) is 4. The lowest BCUT2D eigenvalue weighted by Crippen LogP contribution is -2.22. The molecule has 1 aliphatic rings. The minimum absolute atomic E-state index is 0.272. The largest absolute Gasteiger partial charge is 0.361 e.